The zero-order chi connectivity index (χ0) is 23.5. The topological polar surface area (TPSA) is 105 Å². The molecule has 0 radical (unpaired) electrons. The van der Waals surface area contributed by atoms with Crippen LogP contribution >= 0.6 is 0 Å². The Hall–Kier alpha value is -4.21. The first-order chi connectivity index (χ1) is 16.7. The summed E-state index contributed by atoms with van der Waals surface area (Å²) >= 11 is 0. The zero-order valence-corrected chi connectivity index (χ0v) is 19.0. The monoisotopic (exact) mass is 452 g/mol. The van der Waals surface area contributed by atoms with Crippen LogP contribution in [0.1, 0.15) is 24.7 Å². The molecular formula is C25H24N8O. The molecule has 1 aromatic carbocycles. The lowest BCUT2D eigenvalue weighted by Crippen LogP contribution is -2.31. The van der Waals surface area contributed by atoms with E-state index in [9.17, 15) is 10.1 Å². The zero-order valence-electron chi connectivity index (χ0n) is 19.0. The molecule has 0 bridgehead atoms. The van der Waals surface area contributed by atoms with Gasteiger partial charge in [0.1, 0.15) is 34.3 Å². The molecule has 34 heavy (non-hydrogen) atoms. The van der Waals surface area contributed by atoms with Crippen molar-refractivity contribution in [1.82, 2.24) is 29.4 Å². The van der Waals surface area contributed by atoms with Crippen LogP contribution in [0.2, 0.25) is 0 Å². The maximum Gasteiger partial charge on any atom is 0.278 e. The highest BCUT2D eigenvalue weighted by molar-refractivity contribution is 5.89. The number of nitriles is 1. The fourth-order valence-electron chi connectivity index (χ4n) is 4.40. The number of aromatic nitrogens is 5. The van der Waals surface area contributed by atoms with Crippen LogP contribution in [0, 0.1) is 23.2 Å². The van der Waals surface area contributed by atoms with Crippen molar-refractivity contribution >= 4 is 27.8 Å². The van der Waals surface area contributed by atoms with Gasteiger partial charge in [-0.3, -0.25) is 9.36 Å². The molecule has 0 unspecified atom stereocenters. The van der Waals surface area contributed by atoms with Gasteiger partial charge in [-0.25, -0.2) is 15.0 Å². The second-order valence-electron chi connectivity index (χ2n) is 8.13. The molecule has 0 saturated carbocycles. The third-order valence-corrected chi connectivity index (χ3v) is 6.02. The van der Waals surface area contributed by atoms with Crippen LogP contribution in [0.4, 0.5) is 5.82 Å². The van der Waals surface area contributed by atoms with E-state index < -0.39 is 0 Å². The Morgan fingerprint density at radius 2 is 2.06 bits per heavy atom. The quantitative estimate of drug-likeness (QED) is 0.472. The summed E-state index contributed by atoms with van der Waals surface area (Å²) in [7, 11) is 0. The van der Waals surface area contributed by atoms with Gasteiger partial charge in [-0.15, -0.1) is 5.92 Å². The summed E-state index contributed by atoms with van der Waals surface area (Å²) in [6, 6.07) is 10.0. The van der Waals surface area contributed by atoms with Crippen LogP contribution in [0.25, 0.3) is 21.9 Å². The van der Waals surface area contributed by atoms with Crippen molar-refractivity contribution in [2.45, 2.75) is 26.4 Å². The fourth-order valence-corrected chi connectivity index (χ4v) is 4.40. The summed E-state index contributed by atoms with van der Waals surface area (Å²) in [5.41, 5.74) is 1.79. The molecular weight excluding hydrogens is 428 g/mol. The number of nitrogens with one attached hydrogen (secondary N) is 1. The predicted octanol–water partition coefficient (Wildman–Crippen LogP) is 1.88. The molecule has 170 valence electrons. The van der Waals surface area contributed by atoms with E-state index in [1.165, 1.54) is 10.9 Å². The van der Waals surface area contributed by atoms with Crippen molar-refractivity contribution in [3.8, 4) is 17.9 Å². The first-order valence-corrected chi connectivity index (χ1v) is 11.3. The smallest absolute Gasteiger partial charge is 0.278 e. The predicted molar refractivity (Wildman–Crippen MR) is 130 cm³/mol. The van der Waals surface area contributed by atoms with E-state index in [0.29, 0.717) is 34.8 Å². The van der Waals surface area contributed by atoms with E-state index in [0.717, 1.165) is 43.5 Å². The normalized spacial score (nSPS) is 13.9. The molecule has 4 heterocycles. The number of hydrogen-bond donors (Lipinski definition) is 1. The summed E-state index contributed by atoms with van der Waals surface area (Å²) < 4.78 is 3.35. The summed E-state index contributed by atoms with van der Waals surface area (Å²) in [6.07, 6.45) is 4.18. The third-order valence-electron chi connectivity index (χ3n) is 6.02. The molecule has 1 fully saturated rings. The van der Waals surface area contributed by atoms with E-state index in [1.54, 1.807) is 13.1 Å². The molecule has 0 atom stereocenters. The van der Waals surface area contributed by atoms with Gasteiger partial charge in [-0.2, -0.15) is 5.26 Å². The second-order valence-corrected chi connectivity index (χ2v) is 8.13. The molecule has 0 amide bonds. The number of hydrogen-bond acceptors (Lipinski definition) is 7. The summed E-state index contributed by atoms with van der Waals surface area (Å²) in [5, 5.41) is 14.4. The van der Waals surface area contributed by atoms with Crippen LogP contribution in [0.5, 0.6) is 0 Å². The van der Waals surface area contributed by atoms with Gasteiger partial charge in [0.25, 0.3) is 5.56 Å². The fraction of sp³-hybridized carbons (Fsp3) is 0.320. The SMILES string of the molecule is CC#CCn1c(N2CCCNCC2)c(C#N)c2ncn(Cc3ncc4ccccc4n3)c(=O)c21. The second kappa shape index (κ2) is 9.34. The van der Waals surface area contributed by atoms with E-state index in [4.69, 9.17) is 0 Å². The summed E-state index contributed by atoms with van der Waals surface area (Å²) in [6.45, 7) is 5.51. The highest BCUT2D eigenvalue weighted by Gasteiger charge is 2.26. The van der Waals surface area contributed by atoms with Gasteiger partial charge in [-0.1, -0.05) is 24.1 Å². The number of benzene rings is 1. The Bertz CT molecular complexity index is 1520. The highest BCUT2D eigenvalue weighted by Crippen LogP contribution is 2.30. The van der Waals surface area contributed by atoms with Crippen molar-refractivity contribution in [1.29, 1.82) is 5.26 Å². The lowest BCUT2D eigenvalue weighted by Gasteiger charge is -2.24. The van der Waals surface area contributed by atoms with Crippen LogP contribution in [-0.2, 0) is 13.1 Å². The van der Waals surface area contributed by atoms with E-state index in [2.05, 4.69) is 43.1 Å². The van der Waals surface area contributed by atoms with Gasteiger partial charge in [0, 0.05) is 31.2 Å². The third kappa shape index (κ3) is 3.87. The first kappa shape index (κ1) is 21.6. The Labute approximate surface area is 196 Å². The van der Waals surface area contributed by atoms with Crippen molar-refractivity contribution < 1.29 is 0 Å². The molecule has 1 N–H and O–H groups in total. The first-order valence-electron chi connectivity index (χ1n) is 11.3. The van der Waals surface area contributed by atoms with Gasteiger partial charge in [0.15, 0.2) is 0 Å². The minimum absolute atomic E-state index is 0.183. The van der Waals surface area contributed by atoms with Crippen molar-refractivity contribution in [2.75, 3.05) is 31.1 Å². The molecule has 3 aromatic heterocycles. The summed E-state index contributed by atoms with van der Waals surface area (Å²) in [5.74, 6) is 7.21. The van der Waals surface area contributed by atoms with Crippen LogP contribution in [-0.4, -0.2) is 50.3 Å². The van der Waals surface area contributed by atoms with Gasteiger partial charge in [-0.05, 0) is 26.0 Å². The van der Waals surface area contributed by atoms with Crippen molar-refractivity contribution in [3.05, 3.63) is 58.5 Å². The molecule has 9 heteroatoms. The standard InChI is InChI=1S/C25H24N8O/c1-2-3-12-33-23-22(19(14-26)24(33)31-11-6-9-27-10-13-31)29-17-32(25(23)34)16-21-28-15-18-7-4-5-8-20(18)30-21/h4-5,7-8,15,17,27H,6,9-13,16H2,1H3. The number of nitrogens with zero attached hydrogens (tertiary/aromatic N) is 7. The number of anilines is 1. The van der Waals surface area contributed by atoms with Gasteiger partial charge in [0.05, 0.1) is 24.9 Å². The maximum absolute atomic E-state index is 13.7. The van der Waals surface area contributed by atoms with E-state index >= 15 is 0 Å². The average molecular weight is 453 g/mol. The average Bonchev–Trinajstić information content (AvgIpc) is 2.99. The van der Waals surface area contributed by atoms with E-state index in [-0.39, 0.29) is 12.1 Å². The Kier molecular flexibility index (Phi) is 5.94. The van der Waals surface area contributed by atoms with Crippen molar-refractivity contribution in [3.63, 3.8) is 0 Å². The number of para-hydroxylation sites is 1. The molecule has 1 aliphatic heterocycles. The Balaban J connectivity index is 1.65. The van der Waals surface area contributed by atoms with Crippen LogP contribution in [0.3, 0.4) is 0 Å². The highest BCUT2D eigenvalue weighted by atomic mass is 16.1. The lowest BCUT2D eigenvalue weighted by atomic mass is 10.2. The van der Waals surface area contributed by atoms with Crippen LogP contribution < -0.4 is 15.8 Å². The van der Waals surface area contributed by atoms with E-state index in [1.807, 2.05) is 28.8 Å². The molecule has 0 spiro atoms. The Morgan fingerprint density at radius 1 is 1.18 bits per heavy atom. The molecule has 9 nitrogen and oxygen atoms in total. The number of rotatable bonds is 4. The van der Waals surface area contributed by atoms with Gasteiger partial charge in [0.2, 0.25) is 0 Å². The Morgan fingerprint density at radius 3 is 2.91 bits per heavy atom. The molecule has 4 aromatic rings. The number of fused-ring (bicyclic) bond motifs is 2. The molecule has 5 rings (SSSR count). The maximum atomic E-state index is 13.7. The molecule has 1 aliphatic rings. The minimum Gasteiger partial charge on any atom is -0.355 e. The van der Waals surface area contributed by atoms with Crippen LogP contribution in [0.15, 0.2) is 41.6 Å². The molecule has 0 aliphatic carbocycles. The van der Waals surface area contributed by atoms with Crippen molar-refractivity contribution in [2.24, 2.45) is 0 Å². The van der Waals surface area contributed by atoms with Gasteiger partial charge >= 0.3 is 0 Å². The summed E-state index contributed by atoms with van der Waals surface area (Å²) in [4.78, 5) is 29.4. The molecule has 1 saturated heterocycles. The van der Waals surface area contributed by atoms with Gasteiger partial charge < -0.3 is 14.8 Å². The largest absolute Gasteiger partial charge is 0.355 e. The lowest BCUT2D eigenvalue weighted by molar-refractivity contribution is 0.700. The minimum atomic E-state index is -0.240.